The highest BCUT2D eigenvalue weighted by molar-refractivity contribution is 7.88. The summed E-state index contributed by atoms with van der Waals surface area (Å²) in [6, 6.07) is 7.72. The zero-order valence-corrected chi connectivity index (χ0v) is 12.1. The van der Waals surface area contributed by atoms with Crippen LogP contribution in [0.3, 0.4) is 0 Å². The summed E-state index contributed by atoms with van der Waals surface area (Å²) in [6.07, 6.45) is 1.90. The highest BCUT2D eigenvalue weighted by atomic mass is 32.2. The van der Waals surface area contributed by atoms with Crippen molar-refractivity contribution in [1.82, 2.24) is 9.82 Å². The van der Waals surface area contributed by atoms with E-state index < -0.39 is 10.0 Å². The molecule has 0 saturated carbocycles. The summed E-state index contributed by atoms with van der Waals surface area (Å²) in [6.45, 7) is 0.586. The number of sulfonamides is 1. The monoisotopic (exact) mass is 293 g/mol. The lowest BCUT2D eigenvalue weighted by molar-refractivity contribution is 0.415. The molecule has 3 rings (SSSR count). The Morgan fingerprint density at radius 1 is 1.35 bits per heavy atom. The van der Waals surface area contributed by atoms with Crippen LogP contribution in [0, 0.1) is 0 Å². The van der Waals surface area contributed by atoms with Crippen molar-refractivity contribution in [2.75, 3.05) is 24.9 Å². The van der Waals surface area contributed by atoms with Gasteiger partial charge in [-0.05, 0) is 30.2 Å². The Morgan fingerprint density at radius 3 is 2.85 bits per heavy atom. The van der Waals surface area contributed by atoms with Gasteiger partial charge in [-0.25, -0.2) is 13.4 Å². The summed E-state index contributed by atoms with van der Waals surface area (Å²) < 4.78 is 27.9. The van der Waals surface area contributed by atoms with Crippen LogP contribution in [-0.2, 0) is 16.4 Å². The number of nitrogens with one attached hydrogen (secondary N) is 1. The molecule has 1 aromatic heterocycles. The average Bonchev–Trinajstić information content (AvgIpc) is 2.76. The van der Waals surface area contributed by atoms with Gasteiger partial charge in [-0.2, -0.15) is 0 Å². The van der Waals surface area contributed by atoms with E-state index in [1.54, 1.807) is 12.1 Å². The molecule has 0 bridgehead atoms. The minimum Gasteiger partial charge on any atom is -0.497 e. The van der Waals surface area contributed by atoms with Crippen LogP contribution in [0.25, 0.3) is 10.9 Å². The number of anilines is 1. The van der Waals surface area contributed by atoms with E-state index in [1.165, 1.54) is 0 Å². The molecular formula is C13H15N3O3S. The van der Waals surface area contributed by atoms with Gasteiger partial charge in [-0.1, -0.05) is 0 Å². The normalized spacial score (nSPS) is 14.6. The summed E-state index contributed by atoms with van der Waals surface area (Å²) in [5, 5.41) is 2.59. The number of methoxy groups -OCH3 is 1. The number of benzene rings is 1. The zero-order valence-electron chi connectivity index (χ0n) is 11.3. The van der Waals surface area contributed by atoms with Gasteiger partial charge in [-0.3, -0.25) is 5.01 Å². The summed E-state index contributed by atoms with van der Waals surface area (Å²) in [7, 11) is -1.70. The number of rotatable bonds is 3. The number of hydrogen-bond acceptors (Lipinski definition) is 5. The van der Waals surface area contributed by atoms with E-state index in [0.717, 1.165) is 34.9 Å². The van der Waals surface area contributed by atoms with Gasteiger partial charge in [-0.15, -0.1) is 4.83 Å². The number of nitrogens with zero attached hydrogens (tertiary/aromatic N) is 2. The third-order valence-corrected chi connectivity index (χ3v) is 3.77. The van der Waals surface area contributed by atoms with Gasteiger partial charge in [0.15, 0.2) is 0 Å². The van der Waals surface area contributed by atoms with Gasteiger partial charge >= 0.3 is 0 Å². The first-order valence-corrected chi connectivity index (χ1v) is 8.08. The third-order valence-electron chi connectivity index (χ3n) is 3.22. The maximum absolute atomic E-state index is 11.4. The molecule has 0 amide bonds. The molecule has 2 aromatic rings. The van der Waals surface area contributed by atoms with Crippen molar-refractivity contribution in [3.05, 3.63) is 29.8 Å². The number of hydrazine groups is 1. The van der Waals surface area contributed by atoms with E-state index >= 15 is 0 Å². The quantitative estimate of drug-likeness (QED) is 0.916. The van der Waals surface area contributed by atoms with Crippen LogP contribution < -0.4 is 14.6 Å². The van der Waals surface area contributed by atoms with Crippen molar-refractivity contribution < 1.29 is 13.2 Å². The summed E-state index contributed by atoms with van der Waals surface area (Å²) in [4.78, 5) is 7.03. The molecule has 1 N–H and O–H groups in total. The van der Waals surface area contributed by atoms with Crippen molar-refractivity contribution in [2.24, 2.45) is 0 Å². The number of ether oxygens (including phenoxy) is 1. The van der Waals surface area contributed by atoms with Crippen LogP contribution >= 0.6 is 0 Å². The fourth-order valence-corrected chi connectivity index (χ4v) is 2.93. The van der Waals surface area contributed by atoms with Crippen LogP contribution in [0.2, 0.25) is 0 Å². The van der Waals surface area contributed by atoms with Gasteiger partial charge in [0.05, 0.1) is 18.9 Å². The molecule has 1 aliphatic rings. The van der Waals surface area contributed by atoms with Gasteiger partial charge in [0.2, 0.25) is 10.0 Å². The third kappa shape index (κ3) is 2.41. The van der Waals surface area contributed by atoms with Crippen LogP contribution in [0.1, 0.15) is 5.56 Å². The molecular weight excluding hydrogens is 278 g/mol. The molecule has 20 heavy (non-hydrogen) atoms. The van der Waals surface area contributed by atoms with Crippen LogP contribution in [0.15, 0.2) is 24.3 Å². The fourth-order valence-electron chi connectivity index (χ4n) is 2.35. The summed E-state index contributed by atoms with van der Waals surface area (Å²) in [5.41, 5.74) is 1.82. The van der Waals surface area contributed by atoms with E-state index in [9.17, 15) is 8.42 Å². The second-order valence-electron chi connectivity index (χ2n) is 4.79. The maximum Gasteiger partial charge on any atom is 0.225 e. The average molecular weight is 293 g/mol. The lowest BCUT2D eigenvalue weighted by Gasteiger charge is -2.18. The highest BCUT2D eigenvalue weighted by Crippen LogP contribution is 2.29. The SMILES string of the molecule is COc1ccc2cc3c(nc2c1)N(NS(C)(=O)=O)CC3. The first-order valence-electron chi connectivity index (χ1n) is 6.19. The van der Waals surface area contributed by atoms with Gasteiger partial charge in [0, 0.05) is 18.0 Å². The largest absolute Gasteiger partial charge is 0.497 e. The van der Waals surface area contributed by atoms with Crippen LogP contribution in [-0.4, -0.2) is 33.3 Å². The van der Waals surface area contributed by atoms with E-state index in [2.05, 4.69) is 9.82 Å². The topological polar surface area (TPSA) is 71.5 Å². The molecule has 0 aliphatic carbocycles. The van der Waals surface area contributed by atoms with Crippen molar-refractivity contribution >= 4 is 26.7 Å². The molecule has 2 heterocycles. The molecule has 1 aromatic carbocycles. The van der Waals surface area contributed by atoms with Crippen molar-refractivity contribution in [3.8, 4) is 5.75 Å². The molecule has 106 valence electrons. The van der Waals surface area contributed by atoms with Crippen LogP contribution in [0.4, 0.5) is 5.82 Å². The smallest absolute Gasteiger partial charge is 0.225 e. The minimum atomic E-state index is -3.31. The lowest BCUT2D eigenvalue weighted by atomic mass is 10.1. The molecule has 0 radical (unpaired) electrons. The standard InChI is InChI=1S/C13H15N3O3S/c1-19-11-4-3-9-7-10-5-6-16(15-20(2,17)18)13(10)14-12(9)8-11/h3-4,7-8,15H,5-6H2,1-2H3. The minimum absolute atomic E-state index is 0.586. The Hall–Kier alpha value is -1.86. The zero-order chi connectivity index (χ0) is 14.3. The first kappa shape index (κ1) is 13.1. The number of fused-ring (bicyclic) bond motifs is 2. The van der Waals surface area contributed by atoms with Gasteiger partial charge < -0.3 is 4.74 Å². The highest BCUT2D eigenvalue weighted by Gasteiger charge is 2.23. The van der Waals surface area contributed by atoms with Crippen LogP contribution in [0.5, 0.6) is 5.75 Å². The number of aromatic nitrogens is 1. The number of pyridine rings is 1. The Morgan fingerprint density at radius 2 is 2.15 bits per heavy atom. The molecule has 0 saturated heterocycles. The first-order chi connectivity index (χ1) is 9.46. The van der Waals surface area contributed by atoms with Crippen molar-refractivity contribution in [1.29, 1.82) is 0 Å². The van der Waals surface area contributed by atoms with E-state index in [0.29, 0.717) is 12.4 Å². The van der Waals surface area contributed by atoms with Crippen molar-refractivity contribution in [3.63, 3.8) is 0 Å². The molecule has 0 unspecified atom stereocenters. The predicted molar refractivity (Wildman–Crippen MR) is 77.3 cm³/mol. The lowest BCUT2D eigenvalue weighted by Crippen LogP contribution is -2.40. The molecule has 1 aliphatic heterocycles. The molecule has 6 nitrogen and oxygen atoms in total. The van der Waals surface area contributed by atoms with E-state index in [1.807, 2.05) is 24.3 Å². The maximum atomic E-state index is 11.4. The van der Waals surface area contributed by atoms with Gasteiger partial charge in [0.25, 0.3) is 0 Å². The summed E-state index contributed by atoms with van der Waals surface area (Å²) >= 11 is 0. The fraction of sp³-hybridized carbons (Fsp3) is 0.308. The van der Waals surface area contributed by atoms with Gasteiger partial charge in [0.1, 0.15) is 11.6 Å². The molecule has 7 heteroatoms. The Bertz CT molecular complexity index is 774. The number of hydrogen-bond donors (Lipinski definition) is 1. The predicted octanol–water partition coefficient (Wildman–Crippen LogP) is 1.07. The van der Waals surface area contributed by atoms with E-state index in [4.69, 9.17) is 4.74 Å². The molecule has 0 spiro atoms. The molecule has 0 atom stereocenters. The Balaban J connectivity index is 2.07. The second kappa shape index (κ2) is 4.60. The Labute approximate surface area is 117 Å². The molecule has 0 fully saturated rings. The Kier molecular flexibility index (Phi) is 3.02. The van der Waals surface area contributed by atoms with Crippen molar-refractivity contribution in [2.45, 2.75) is 6.42 Å². The summed E-state index contributed by atoms with van der Waals surface area (Å²) in [5.74, 6) is 1.39. The second-order valence-corrected chi connectivity index (χ2v) is 6.52. The van der Waals surface area contributed by atoms with E-state index in [-0.39, 0.29) is 0 Å².